The molecule has 3 aromatic heterocycles. The molecule has 0 amide bonds. The summed E-state index contributed by atoms with van der Waals surface area (Å²) in [7, 11) is 0. The van der Waals surface area contributed by atoms with Gasteiger partial charge in [0.05, 0.1) is 0 Å². The van der Waals surface area contributed by atoms with Crippen LogP contribution >= 0.6 is 0 Å². The Labute approximate surface area is 275 Å². The van der Waals surface area contributed by atoms with Gasteiger partial charge in [-0.1, -0.05) is 121 Å². The summed E-state index contributed by atoms with van der Waals surface area (Å²) in [5.41, 5.74) is 8.63. The standard InChI is InChI=1S/C42H27N5O/c1-3-13-26(14-4-1)39-44-40(27-15-5-2-6-16-27)46-41(45-39)37-31-19-9-7-17-29(31)36(30-18-8-10-20-32(30)37)28-23-24-35-43-38-33-21-11-12-22-34(33)48-42(38)47(35)25-28/h1-25,39H,(H,44,45,46). The largest absolute Gasteiger partial charge is 0.437 e. The first-order valence-electron chi connectivity index (χ1n) is 16.1. The Morgan fingerprint density at radius 2 is 1.17 bits per heavy atom. The summed E-state index contributed by atoms with van der Waals surface area (Å²) in [6.07, 6.45) is 1.86. The average molecular weight is 618 g/mol. The van der Waals surface area contributed by atoms with E-state index in [2.05, 4.69) is 119 Å². The van der Waals surface area contributed by atoms with E-state index in [1.54, 1.807) is 0 Å². The van der Waals surface area contributed by atoms with Crippen LogP contribution in [0.15, 0.2) is 166 Å². The molecule has 1 aliphatic rings. The molecule has 48 heavy (non-hydrogen) atoms. The van der Waals surface area contributed by atoms with Gasteiger partial charge < -0.3 is 9.73 Å². The van der Waals surface area contributed by atoms with Gasteiger partial charge in [0.2, 0.25) is 5.71 Å². The third-order valence-electron chi connectivity index (χ3n) is 9.27. The van der Waals surface area contributed by atoms with Crippen molar-refractivity contribution in [3.05, 3.63) is 168 Å². The Balaban J connectivity index is 1.24. The van der Waals surface area contributed by atoms with Gasteiger partial charge in [0.25, 0.3) is 0 Å². The Hall–Kier alpha value is -6.53. The summed E-state index contributed by atoms with van der Waals surface area (Å²) in [6, 6.07) is 50.1. The summed E-state index contributed by atoms with van der Waals surface area (Å²) in [4.78, 5) is 15.4. The molecule has 6 nitrogen and oxygen atoms in total. The molecule has 1 aliphatic heterocycles. The van der Waals surface area contributed by atoms with Gasteiger partial charge >= 0.3 is 0 Å². The van der Waals surface area contributed by atoms with Gasteiger partial charge in [-0.05, 0) is 62.5 Å². The van der Waals surface area contributed by atoms with Gasteiger partial charge in [-0.25, -0.2) is 15.0 Å². The van der Waals surface area contributed by atoms with Crippen LogP contribution in [0.1, 0.15) is 22.9 Å². The molecule has 0 saturated carbocycles. The number of aliphatic imine (C=N–C) groups is 2. The van der Waals surface area contributed by atoms with Crippen molar-refractivity contribution in [3.8, 4) is 11.1 Å². The molecule has 0 saturated heterocycles. The molecular formula is C42H27N5O. The van der Waals surface area contributed by atoms with E-state index in [9.17, 15) is 0 Å². The number of nitrogens with zero attached hydrogens (tertiary/aromatic N) is 4. The van der Waals surface area contributed by atoms with Crippen LogP contribution in [-0.2, 0) is 0 Å². The van der Waals surface area contributed by atoms with E-state index >= 15 is 0 Å². The minimum atomic E-state index is -0.291. The number of pyridine rings is 1. The van der Waals surface area contributed by atoms with Crippen molar-refractivity contribution in [3.63, 3.8) is 0 Å². The summed E-state index contributed by atoms with van der Waals surface area (Å²) in [6.45, 7) is 0. The van der Waals surface area contributed by atoms with Gasteiger partial charge in [0, 0.05) is 22.7 Å². The van der Waals surface area contributed by atoms with Crippen LogP contribution in [0.2, 0.25) is 0 Å². The van der Waals surface area contributed by atoms with E-state index in [1.807, 2.05) is 42.5 Å². The highest BCUT2D eigenvalue weighted by atomic mass is 16.3. The number of hydrogen-bond acceptors (Lipinski definition) is 5. The average Bonchev–Trinajstić information content (AvgIpc) is 3.70. The van der Waals surface area contributed by atoms with Gasteiger partial charge in [0.1, 0.15) is 28.7 Å². The number of amidine groups is 2. The van der Waals surface area contributed by atoms with Crippen molar-refractivity contribution in [2.75, 3.05) is 0 Å². The zero-order chi connectivity index (χ0) is 31.6. The molecule has 6 heteroatoms. The molecule has 0 fully saturated rings. The molecule has 0 spiro atoms. The molecule has 226 valence electrons. The first kappa shape index (κ1) is 26.7. The summed E-state index contributed by atoms with van der Waals surface area (Å²) >= 11 is 0. The molecule has 1 unspecified atom stereocenters. The van der Waals surface area contributed by atoms with E-state index in [1.165, 1.54) is 0 Å². The van der Waals surface area contributed by atoms with Crippen LogP contribution < -0.4 is 5.32 Å². The first-order valence-corrected chi connectivity index (χ1v) is 16.1. The first-order chi connectivity index (χ1) is 23.8. The van der Waals surface area contributed by atoms with Crippen LogP contribution in [0.3, 0.4) is 0 Å². The smallest absolute Gasteiger partial charge is 0.232 e. The second-order valence-corrected chi connectivity index (χ2v) is 12.1. The van der Waals surface area contributed by atoms with Crippen LogP contribution in [0.5, 0.6) is 0 Å². The van der Waals surface area contributed by atoms with Crippen molar-refractivity contribution >= 4 is 61.1 Å². The zero-order valence-electron chi connectivity index (χ0n) is 25.7. The predicted octanol–water partition coefficient (Wildman–Crippen LogP) is 9.70. The number of fused-ring (bicyclic) bond motifs is 7. The lowest BCUT2D eigenvalue weighted by molar-refractivity contribution is 0.649. The summed E-state index contributed by atoms with van der Waals surface area (Å²) in [5.74, 6) is 1.50. The minimum Gasteiger partial charge on any atom is -0.437 e. The topological polar surface area (TPSA) is 67.2 Å². The fourth-order valence-corrected chi connectivity index (χ4v) is 7.09. The van der Waals surface area contributed by atoms with Gasteiger partial charge in [0.15, 0.2) is 5.84 Å². The third kappa shape index (κ3) is 4.09. The monoisotopic (exact) mass is 617 g/mol. The fraction of sp³-hybridized carbons (Fsp3) is 0.0238. The van der Waals surface area contributed by atoms with Crippen molar-refractivity contribution in [1.82, 2.24) is 14.7 Å². The van der Waals surface area contributed by atoms with Crippen molar-refractivity contribution in [2.24, 2.45) is 9.98 Å². The summed E-state index contributed by atoms with van der Waals surface area (Å²) < 4.78 is 8.40. The quantitative estimate of drug-likeness (QED) is 0.200. The zero-order valence-corrected chi connectivity index (χ0v) is 25.7. The highest BCUT2D eigenvalue weighted by molar-refractivity contribution is 6.28. The van der Waals surface area contributed by atoms with E-state index in [0.29, 0.717) is 5.84 Å². The maximum Gasteiger partial charge on any atom is 0.232 e. The maximum absolute atomic E-state index is 6.33. The van der Waals surface area contributed by atoms with Crippen LogP contribution in [-0.4, -0.2) is 21.1 Å². The van der Waals surface area contributed by atoms with Crippen LogP contribution in [0.4, 0.5) is 0 Å². The molecule has 0 bridgehead atoms. The van der Waals surface area contributed by atoms with Gasteiger partial charge in [-0.2, -0.15) is 0 Å². The molecule has 4 heterocycles. The fourth-order valence-electron chi connectivity index (χ4n) is 7.09. The second-order valence-electron chi connectivity index (χ2n) is 12.1. The SMILES string of the molecule is c1ccc(C2=NC(c3c4ccccc4c(-c4ccc5nc6c7ccccc7oc6n5c4)c4ccccc34)=NC(c3ccccc3)N2)cc1. The van der Waals surface area contributed by atoms with Crippen molar-refractivity contribution < 1.29 is 4.42 Å². The predicted molar refractivity (Wildman–Crippen MR) is 195 cm³/mol. The van der Waals surface area contributed by atoms with E-state index < -0.39 is 0 Å². The Bertz CT molecular complexity index is 2700. The number of imidazole rings is 1. The van der Waals surface area contributed by atoms with Gasteiger partial charge in [-0.3, -0.25) is 4.40 Å². The number of para-hydroxylation sites is 1. The van der Waals surface area contributed by atoms with Crippen molar-refractivity contribution in [1.29, 1.82) is 0 Å². The molecule has 1 N–H and O–H groups in total. The number of hydrogen-bond donors (Lipinski definition) is 1. The van der Waals surface area contributed by atoms with E-state index in [4.69, 9.17) is 19.4 Å². The van der Waals surface area contributed by atoms with Crippen LogP contribution in [0, 0.1) is 0 Å². The second kappa shape index (κ2) is 10.5. The van der Waals surface area contributed by atoms with Crippen molar-refractivity contribution in [2.45, 2.75) is 6.17 Å². The molecular weight excluding hydrogens is 590 g/mol. The third-order valence-corrected chi connectivity index (χ3v) is 9.27. The van der Waals surface area contributed by atoms with E-state index in [0.717, 1.165) is 83.0 Å². The van der Waals surface area contributed by atoms with E-state index in [-0.39, 0.29) is 6.17 Å². The Morgan fingerprint density at radius 1 is 0.562 bits per heavy atom. The summed E-state index contributed by atoms with van der Waals surface area (Å²) in [5, 5.41) is 9.06. The Kier molecular flexibility index (Phi) is 5.84. The molecule has 0 aliphatic carbocycles. The number of nitrogens with one attached hydrogen (secondary N) is 1. The Morgan fingerprint density at radius 3 is 1.88 bits per heavy atom. The molecule has 0 radical (unpaired) electrons. The lowest BCUT2D eigenvalue weighted by Crippen LogP contribution is -2.33. The van der Waals surface area contributed by atoms with Gasteiger partial charge in [-0.15, -0.1) is 0 Å². The number of benzene rings is 6. The highest BCUT2D eigenvalue weighted by Gasteiger charge is 2.25. The molecule has 9 aromatic rings. The molecule has 10 rings (SSSR count). The minimum absolute atomic E-state index is 0.291. The lowest BCUT2D eigenvalue weighted by atomic mass is 9.88. The number of furan rings is 1. The number of rotatable bonds is 4. The maximum atomic E-state index is 6.33. The normalized spacial score (nSPS) is 14.9. The molecule has 1 atom stereocenters. The molecule has 6 aromatic carbocycles. The lowest BCUT2D eigenvalue weighted by Gasteiger charge is -2.25. The number of aromatic nitrogens is 2. The van der Waals surface area contributed by atoms with Crippen LogP contribution in [0.25, 0.3) is 60.5 Å². The highest BCUT2D eigenvalue weighted by Crippen LogP contribution is 2.41.